The molecule has 1 heterocycles. The summed E-state index contributed by atoms with van der Waals surface area (Å²) in [6.45, 7) is 1.64. The van der Waals surface area contributed by atoms with Crippen LogP contribution < -0.4 is 5.73 Å². The largest absolute Gasteiger partial charge is 0.466 e. The van der Waals surface area contributed by atoms with E-state index in [1.165, 1.54) is 12.1 Å². The Balaban J connectivity index is 2.44. The monoisotopic (exact) mass is 301 g/mol. The van der Waals surface area contributed by atoms with Gasteiger partial charge in [0.1, 0.15) is 5.52 Å². The predicted molar refractivity (Wildman–Crippen MR) is 70.4 cm³/mol. The summed E-state index contributed by atoms with van der Waals surface area (Å²) >= 11 is 0. The highest BCUT2D eigenvalue weighted by molar-refractivity contribution is 5.87. The maximum atomic E-state index is 13.1. The van der Waals surface area contributed by atoms with E-state index >= 15 is 0 Å². The zero-order chi connectivity index (χ0) is 15.6. The summed E-state index contributed by atoms with van der Waals surface area (Å²) < 4.78 is 44.8. The molecular weight excluding hydrogens is 287 g/mol. The van der Waals surface area contributed by atoms with Crippen LogP contribution in [0.15, 0.2) is 18.2 Å². The van der Waals surface area contributed by atoms with E-state index in [1.807, 2.05) is 0 Å². The Hall–Kier alpha value is -2.25. The molecule has 2 rings (SSSR count). The molecule has 0 saturated carbocycles. The lowest BCUT2D eigenvalue weighted by Crippen LogP contribution is -2.17. The molecule has 0 unspecified atom stereocenters. The fourth-order valence-corrected chi connectivity index (χ4v) is 2.05. The first kappa shape index (κ1) is 15.1. The first-order valence-corrected chi connectivity index (χ1v) is 6.32. The molecule has 2 N–H and O–H groups in total. The van der Waals surface area contributed by atoms with Crippen molar-refractivity contribution in [1.29, 1.82) is 0 Å². The van der Waals surface area contributed by atoms with Crippen molar-refractivity contribution in [3.63, 3.8) is 0 Å². The van der Waals surface area contributed by atoms with Crippen LogP contribution in [0.2, 0.25) is 0 Å². The Labute approximate surface area is 118 Å². The number of halogens is 3. The highest BCUT2D eigenvalue weighted by Crippen LogP contribution is 2.33. The summed E-state index contributed by atoms with van der Waals surface area (Å²) in [6.07, 6.45) is -4.79. The van der Waals surface area contributed by atoms with Crippen LogP contribution in [-0.4, -0.2) is 22.1 Å². The number of para-hydroxylation sites is 1. The zero-order valence-corrected chi connectivity index (χ0v) is 11.3. The number of aromatic nitrogens is 2. The number of carbonyl (C=O) groups is 1. The van der Waals surface area contributed by atoms with Crippen LogP contribution in [0, 0.1) is 0 Å². The number of hydrogen-bond donors (Lipinski definition) is 1. The lowest BCUT2D eigenvalue weighted by atomic mass is 10.2. The minimum atomic E-state index is -4.62. The second kappa shape index (κ2) is 5.63. The smallest absolute Gasteiger partial charge is 0.449 e. The second-order valence-corrected chi connectivity index (χ2v) is 4.35. The molecule has 0 aliphatic carbocycles. The van der Waals surface area contributed by atoms with E-state index in [0.29, 0.717) is 0 Å². The molecule has 114 valence electrons. The number of esters is 1. The van der Waals surface area contributed by atoms with Gasteiger partial charge < -0.3 is 15.0 Å². The fourth-order valence-electron chi connectivity index (χ4n) is 2.05. The number of fused-ring (bicyclic) bond motifs is 1. The van der Waals surface area contributed by atoms with Gasteiger partial charge in [0.25, 0.3) is 0 Å². The van der Waals surface area contributed by atoms with Crippen LogP contribution in [0.3, 0.4) is 0 Å². The Morgan fingerprint density at radius 2 is 2.14 bits per heavy atom. The van der Waals surface area contributed by atoms with Gasteiger partial charge in [-0.2, -0.15) is 13.2 Å². The number of anilines is 1. The minimum Gasteiger partial charge on any atom is -0.466 e. The normalized spacial score (nSPS) is 11.8. The van der Waals surface area contributed by atoms with Gasteiger partial charge in [-0.15, -0.1) is 0 Å². The van der Waals surface area contributed by atoms with E-state index in [2.05, 4.69) is 4.98 Å². The van der Waals surface area contributed by atoms with Crippen molar-refractivity contribution in [1.82, 2.24) is 9.55 Å². The van der Waals surface area contributed by atoms with Gasteiger partial charge in [-0.3, -0.25) is 4.79 Å². The van der Waals surface area contributed by atoms with Gasteiger partial charge >= 0.3 is 12.1 Å². The summed E-state index contributed by atoms with van der Waals surface area (Å²) in [5, 5.41) is 0. The molecule has 0 aliphatic heterocycles. The van der Waals surface area contributed by atoms with Gasteiger partial charge in [0, 0.05) is 6.54 Å². The number of alkyl halides is 3. The molecule has 2 aromatic rings. The van der Waals surface area contributed by atoms with Gasteiger partial charge in [0.05, 0.1) is 24.2 Å². The van der Waals surface area contributed by atoms with Crippen molar-refractivity contribution >= 4 is 22.7 Å². The molecule has 0 aliphatic rings. The highest BCUT2D eigenvalue weighted by Gasteiger charge is 2.37. The first-order chi connectivity index (χ1) is 9.84. The zero-order valence-electron chi connectivity index (χ0n) is 11.3. The lowest BCUT2D eigenvalue weighted by Gasteiger charge is -2.11. The van der Waals surface area contributed by atoms with E-state index in [0.717, 1.165) is 4.57 Å². The number of carbonyl (C=O) groups excluding carboxylic acids is 1. The summed E-state index contributed by atoms with van der Waals surface area (Å²) in [7, 11) is 0. The molecule has 0 amide bonds. The molecule has 0 saturated heterocycles. The maximum Gasteiger partial charge on any atom is 0.449 e. The first-order valence-electron chi connectivity index (χ1n) is 6.32. The van der Waals surface area contributed by atoms with E-state index in [-0.39, 0.29) is 36.3 Å². The standard InChI is InChI=1S/C13H14F3N3O2/c1-2-21-10(20)6-7-19-9-5-3-4-8(17)11(9)18-12(19)13(14,15)16/h3-5H,2,6-7,17H2,1H3. The molecule has 0 bridgehead atoms. The molecule has 0 spiro atoms. The summed E-state index contributed by atoms with van der Waals surface area (Å²) in [4.78, 5) is 14.9. The van der Waals surface area contributed by atoms with Gasteiger partial charge in [-0.1, -0.05) is 6.07 Å². The van der Waals surface area contributed by atoms with Gasteiger partial charge in [0.2, 0.25) is 5.82 Å². The predicted octanol–water partition coefficient (Wildman–Crippen LogP) is 2.59. The van der Waals surface area contributed by atoms with E-state index in [4.69, 9.17) is 10.5 Å². The molecule has 0 fully saturated rings. The third kappa shape index (κ3) is 3.09. The number of imidazole rings is 1. The van der Waals surface area contributed by atoms with Crippen LogP contribution in [0.1, 0.15) is 19.2 Å². The molecular formula is C13H14F3N3O2. The third-order valence-electron chi connectivity index (χ3n) is 2.91. The van der Waals surface area contributed by atoms with Crippen molar-refractivity contribution in [3.05, 3.63) is 24.0 Å². The number of nitrogens with two attached hydrogens (primary N) is 1. The van der Waals surface area contributed by atoms with E-state index in [9.17, 15) is 18.0 Å². The molecule has 1 aromatic heterocycles. The fraction of sp³-hybridized carbons (Fsp3) is 0.385. The van der Waals surface area contributed by atoms with Gasteiger partial charge in [0.15, 0.2) is 0 Å². The van der Waals surface area contributed by atoms with Crippen molar-refractivity contribution in [2.45, 2.75) is 26.1 Å². The number of ether oxygens (including phenoxy) is 1. The number of aryl methyl sites for hydroxylation is 1. The lowest BCUT2D eigenvalue weighted by molar-refractivity contribution is -0.149. The molecule has 0 atom stereocenters. The van der Waals surface area contributed by atoms with Crippen molar-refractivity contribution < 1.29 is 22.7 Å². The van der Waals surface area contributed by atoms with Crippen LogP contribution in [-0.2, 0) is 22.3 Å². The second-order valence-electron chi connectivity index (χ2n) is 4.35. The number of nitrogen functional groups attached to an aromatic ring is 1. The molecule has 1 aromatic carbocycles. The Morgan fingerprint density at radius 3 is 2.76 bits per heavy atom. The minimum absolute atomic E-state index is 0.0775. The average molecular weight is 301 g/mol. The Bertz CT molecular complexity index is 664. The summed E-state index contributed by atoms with van der Waals surface area (Å²) in [5.74, 6) is -1.63. The van der Waals surface area contributed by atoms with Gasteiger partial charge in [-0.05, 0) is 19.1 Å². The SMILES string of the molecule is CCOC(=O)CCn1c(C(F)(F)F)nc2c(N)cccc21. The van der Waals surface area contributed by atoms with Crippen molar-refractivity contribution in [3.8, 4) is 0 Å². The molecule has 0 radical (unpaired) electrons. The Kier molecular flexibility index (Phi) is 4.06. The van der Waals surface area contributed by atoms with E-state index < -0.39 is 18.0 Å². The number of nitrogens with zero attached hydrogens (tertiary/aromatic N) is 2. The molecule has 5 nitrogen and oxygen atoms in total. The van der Waals surface area contributed by atoms with Crippen molar-refractivity contribution in [2.24, 2.45) is 0 Å². The van der Waals surface area contributed by atoms with Crippen LogP contribution >= 0.6 is 0 Å². The number of benzene rings is 1. The van der Waals surface area contributed by atoms with E-state index in [1.54, 1.807) is 13.0 Å². The number of rotatable bonds is 4. The third-order valence-corrected chi connectivity index (χ3v) is 2.91. The Morgan fingerprint density at radius 1 is 1.43 bits per heavy atom. The summed E-state index contributed by atoms with van der Waals surface area (Å²) in [5.41, 5.74) is 6.13. The number of hydrogen-bond acceptors (Lipinski definition) is 4. The van der Waals surface area contributed by atoms with Crippen LogP contribution in [0.25, 0.3) is 11.0 Å². The highest BCUT2D eigenvalue weighted by atomic mass is 19.4. The van der Waals surface area contributed by atoms with Crippen LogP contribution in [0.5, 0.6) is 0 Å². The average Bonchev–Trinajstić information content (AvgIpc) is 2.77. The summed E-state index contributed by atoms with van der Waals surface area (Å²) in [6, 6.07) is 4.50. The molecule has 8 heteroatoms. The molecule has 21 heavy (non-hydrogen) atoms. The van der Waals surface area contributed by atoms with Gasteiger partial charge in [-0.25, -0.2) is 4.98 Å². The van der Waals surface area contributed by atoms with Crippen LogP contribution in [0.4, 0.5) is 18.9 Å². The quantitative estimate of drug-likeness (QED) is 0.696. The maximum absolute atomic E-state index is 13.1. The van der Waals surface area contributed by atoms with Crippen molar-refractivity contribution in [2.75, 3.05) is 12.3 Å². The topological polar surface area (TPSA) is 70.1 Å².